The Morgan fingerprint density at radius 2 is 2.19 bits per heavy atom. The number of hydrogen-bond acceptors (Lipinski definition) is 4. The molecule has 2 N–H and O–H groups in total. The molecule has 3 atom stereocenters. The van der Waals surface area contributed by atoms with Gasteiger partial charge >= 0.3 is 0 Å². The lowest BCUT2D eigenvalue weighted by Gasteiger charge is -2.23. The predicted molar refractivity (Wildman–Crippen MR) is 64.4 cm³/mol. The Balaban J connectivity index is 1.89. The third kappa shape index (κ3) is 1.79. The van der Waals surface area contributed by atoms with Crippen molar-refractivity contribution in [2.75, 3.05) is 0 Å². The second-order valence-corrected chi connectivity index (χ2v) is 6.08. The molecule has 0 radical (unpaired) electrons. The summed E-state index contributed by atoms with van der Waals surface area (Å²) in [5, 5.41) is 1.12. The molecular formula is C12H18N2OS. The maximum Gasteiger partial charge on any atom is 0.110 e. The van der Waals surface area contributed by atoms with Gasteiger partial charge in [0.25, 0.3) is 0 Å². The summed E-state index contributed by atoms with van der Waals surface area (Å²) in [5.41, 5.74) is 7.42. The summed E-state index contributed by atoms with van der Waals surface area (Å²) in [6.07, 6.45) is 3.96. The van der Waals surface area contributed by atoms with Crippen LogP contribution in [0.25, 0.3) is 0 Å². The molecule has 1 aliphatic heterocycles. The summed E-state index contributed by atoms with van der Waals surface area (Å²) in [7, 11) is 0. The molecular weight excluding hydrogens is 220 g/mol. The molecule has 88 valence electrons. The molecule has 1 aliphatic carbocycles. The molecule has 0 saturated heterocycles. The molecule has 0 bridgehead atoms. The Morgan fingerprint density at radius 1 is 1.44 bits per heavy atom. The molecule has 2 aliphatic rings. The largest absolute Gasteiger partial charge is 0.370 e. The number of aromatic nitrogens is 1. The first kappa shape index (κ1) is 10.7. The van der Waals surface area contributed by atoms with E-state index in [0.29, 0.717) is 5.92 Å². The minimum Gasteiger partial charge on any atom is -0.370 e. The fourth-order valence-corrected chi connectivity index (χ4v) is 3.55. The Morgan fingerprint density at radius 3 is 2.88 bits per heavy atom. The van der Waals surface area contributed by atoms with Crippen molar-refractivity contribution in [3.05, 3.63) is 15.6 Å². The zero-order valence-corrected chi connectivity index (χ0v) is 10.6. The van der Waals surface area contributed by atoms with Gasteiger partial charge in [-0.05, 0) is 32.6 Å². The van der Waals surface area contributed by atoms with Crippen molar-refractivity contribution in [3.63, 3.8) is 0 Å². The number of rotatable bonds is 2. The fraction of sp³-hybridized carbons (Fsp3) is 0.750. The van der Waals surface area contributed by atoms with Gasteiger partial charge in [0.05, 0.1) is 28.8 Å². The van der Waals surface area contributed by atoms with Crippen LogP contribution < -0.4 is 5.73 Å². The van der Waals surface area contributed by atoms with Gasteiger partial charge < -0.3 is 10.5 Å². The lowest BCUT2D eigenvalue weighted by Crippen LogP contribution is -2.21. The number of hydrogen-bond donors (Lipinski definition) is 1. The van der Waals surface area contributed by atoms with Gasteiger partial charge in [-0.2, -0.15) is 0 Å². The van der Waals surface area contributed by atoms with Gasteiger partial charge in [0.15, 0.2) is 0 Å². The highest BCUT2D eigenvalue weighted by Crippen LogP contribution is 2.43. The number of nitrogens with zero attached hydrogens (tertiary/aromatic N) is 1. The molecule has 3 rings (SSSR count). The summed E-state index contributed by atoms with van der Waals surface area (Å²) >= 11 is 1.76. The molecule has 0 spiro atoms. The van der Waals surface area contributed by atoms with Crippen LogP contribution in [0.1, 0.15) is 54.4 Å². The normalized spacial score (nSPS) is 31.2. The highest BCUT2D eigenvalue weighted by Gasteiger charge is 2.34. The average Bonchev–Trinajstić information content (AvgIpc) is 2.97. The standard InChI is InChI=1S/C12H18N2OS/c1-6-5-9-11(7(2)15-6)16-12(14-9)10(13)8-3-4-8/h6-8,10H,3-5,13H2,1-2H3. The van der Waals surface area contributed by atoms with E-state index in [4.69, 9.17) is 15.5 Å². The molecule has 1 aromatic rings. The van der Waals surface area contributed by atoms with Crippen LogP contribution in [0.4, 0.5) is 0 Å². The lowest BCUT2D eigenvalue weighted by molar-refractivity contribution is -0.00319. The SMILES string of the molecule is CC1Cc2nc(C(N)C3CC3)sc2C(C)O1. The van der Waals surface area contributed by atoms with Crippen molar-refractivity contribution in [1.82, 2.24) is 4.98 Å². The van der Waals surface area contributed by atoms with Crippen molar-refractivity contribution in [1.29, 1.82) is 0 Å². The van der Waals surface area contributed by atoms with Gasteiger partial charge in [-0.1, -0.05) is 0 Å². The van der Waals surface area contributed by atoms with Gasteiger partial charge in [0, 0.05) is 6.42 Å². The first-order valence-corrected chi connectivity index (χ1v) is 6.87. The van der Waals surface area contributed by atoms with Crippen LogP contribution in [0.3, 0.4) is 0 Å². The van der Waals surface area contributed by atoms with Gasteiger partial charge in [0.2, 0.25) is 0 Å². The molecule has 0 aromatic carbocycles. The molecule has 1 saturated carbocycles. The second kappa shape index (κ2) is 3.79. The minimum absolute atomic E-state index is 0.165. The Bertz CT molecular complexity index is 400. The van der Waals surface area contributed by atoms with Crippen LogP contribution in [-0.4, -0.2) is 11.1 Å². The zero-order chi connectivity index (χ0) is 11.3. The number of ether oxygens (including phenoxy) is 1. The molecule has 3 unspecified atom stereocenters. The van der Waals surface area contributed by atoms with E-state index >= 15 is 0 Å². The van der Waals surface area contributed by atoms with E-state index in [2.05, 4.69) is 13.8 Å². The average molecular weight is 238 g/mol. The topological polar surface area (TPSA) is 48.1 Å². The van der Waals surface area contributed by atoms with E-state index in [1.807, 2.05) is 0 Å². The van der Waals surface area contributed by atoms with E-state index in [9.17, 15) is 0 Å². The van der Waals surface area contributed by atoms with Crippen LogP contribution in [0.15, 0.2) is 0 Å². The number of nitrogens with two attached hydrogens (primary N) is 1. The molecule has 4 heteroatoms. The highest BCUT2D eigenvalue weighted by atomic mass is 32.1. The monoisotopic (exact) mass is 238 g/mol. The van der Waals surface area contributed by atoms with E-state index in [-0.39, 0.29) is 18.2 Å². The molecule has 1 aromatic heterocycles. The van der Waals surface area contributed by atoms with Crippen molar-refractivity contribution < 1.29 is 4.74 Å². The van der Waals surface area contributed by atoms with E-state index in [0.717, 1.165) is 11.4 Å². The van der Waals surface area contributed by atoms with Crippen molar-refractivity contribution in [3.8, 4) is 0 Å². The minimum atomic E-state index is 0.165. The van der Waals surface area contributed by atoms with Gasteiger partial charge in [-0.3, -0.25) is 0 Å². The predicted octanol–water partition coefficient (Wildman–Crippen LogP) is 2.58. The molecule has 1 fully saturated rings. The van der Waals surface area contributed by atoms with Crippen LogP contribution in [0.2, 0.25) is 0 Å². The van der Waals surface area contributed by atoms with Crippen molar-refractivity contribution in [2.45, 2.75) is 51.4 Å². The lowest BCUT2D eigenvalue weighted by atomic mass is 10.1. The third-order valence-corrected chi connectivity index (χ3v) is 4.81. The Hall–Kier alpha value is -0.450. The van der Waals surface area contributed by atoms with Gasteiger partial charge in [-0.15, -0.1) is 11.3 Å². The first-order valence-electron chi connectivity index (χ1n) is 6.05. The zero-order valence-electron chi connectivity index (χ0n) is 9.77. The highest BCUT2D eigenvalue weighted by molar-refractivity contribution is 7.11. The molecule has 2 heterocycles. The summed E-state index contributed by atoms with van der Waals surface area (Å²) in [6, 6.07) is 0.165. The van der Waals surface area contributed by atoms with Crippen LogP contribution in [0.5, 0.6) is 0 Å². The molecule has 16 heavy (non-hydrogen) atoms. The number of fused-ring (bicyclic) bond motifs is 1. The first-order chi connectivity index (χ1) is 7.65. The quantitative estimate of drug-likeness (QED) is 0.861. The maximum absolute atomic E-state index is 6.20. The third-order valence-electron chi connectivity index (χ3n) is 3.45. The van der Waals surface area contributed by atoms with Gasteiger partial charge in [-0.25, -0.2) is 4.98 Å². The van der Waals surface area contributed by atoms with Crippen LogP contribution >= 0.6 is 11.3 Å². The van der Waals surface area contributed by atoms with Crippen molar-refractivity contribution >= 4 is 11.3 Å². The maximum atomic E-state index is 6.20. The Kier molecular flexibility index (Phi) is 2.53. The van der Waals surface area contributed by atoms with E-state index < -0.39 is 0 Å². The number of thiazole rings is 1. The summed E-state index contributed by atoms with van der Waals surface area (Å²) in [5.74, 6) is 0.682. The Labute approximate surface area is 100 Å². The van der Waals surface area contributed by atoms with E-state index in [1.54, 1.807) is 11.3 Å². The molecule has 3 nitrogen and oxygen atoms in total. The summed E-state index contributed by atoms with van der Waals surface area (Å²) in [4.78, 5) is 6.02. The van der Waals surface area contributed by atoms with Crippen LogP contribution in [-0.2, 0) is 11.2 Å². The summed E-state index contributed by atoms with van der Waals surface area (Å²) < 4.78 is 5.81. The van der Waals surface area contributed by atoms with Crippen LogP contribution in [0, 0.1) is 5.92 Å². The smallest absolute Gasteiger partial charge is 0.110 e. The van der Waals surface area contributed by atoms with Gasteiger partial charge in [0.1, 0.15) is 5.01 Å². The second-order valence-electron chi connectivity index (χ2n) is 5.02. The van der Waals surface area contributed by atoms with Crippen molar-refractivity contribution in [2.24, 2.45) is 11.7 Å². The summed E-state index contributed by atoms with van der Waals surface area (Å²) in [6.45, 7) is 4.22. The van der Waals surface area contributed by atoms with E-state index in [1.165, 1.54) is 23.4 Å². The fourth-order valence-electron chi connectivity index (χ4n) is 2.38. The molecule has 0 amide bonds.